The van der Waals surface area contributed by atoms with E-state index in [1.807, 2.05) is 6.07 Å². The van der Waals surface area contributed by atoms with Gasteiger partial charge in [0.15, 0.2) is 5.96 Å². The van der Waals surface area contributed by atoms with Crippen LogP contribution in [0.5, 0.6) is 0 Å². The van der Waals surface area contributed by atoms with Crippen molar-refractivity contribution in [2.45, 2.75) is 44.6 Å². The first-order valence-electron chi connectivity index (χ1n) is 9.85. The molecule has 2 fully saturated rings. The second-order valence-corrected chi connectivity index (χ2v) is 7.47. The number of hydrogen-bond acceptors (Lipinski definition) is 3. The zero-order valence-electron chi connectivity index (χ0n) is 15.4. The molecule has 1 saturated heterocycles. The molecule has 1 aliphatic carbocycles. The zero-order valence-corrected chi connectivity index (χ0v) is 15.4. The average Bonchev–Trinajstić information content (AvgIpc) is 3.18. The van der Waals surface area contributed by atoms with Gasteiger partial charge < -0.3 is 21.1 Å². The van der Waals surface area contributed by atoms with Crippen LogP contribution in [-0.4, -0.2) is 38.3 Å². The van der Waals surface area contributed by atoms with Gasteiger partial charge >= 0.3 is 0 Å². The lowest BCUT2D eigenvalue weighted by Gasteiger charge is -2.27. The minimum absolute atomic E-state index is 0.228. The Labute approximate surface area is 155 Å². The molecular weight excluding hydrogens is 331 g/mol. The Morgan fingerprint density at radius 3 is 2.88 bits per heavy atom. The maximum absolute atomic E-state index is 13.5. The van der Waals surface area contributed by atoms with Gasteiger partial charge in [0, 0.05) is 25.4 Å². The SMILES string of the molecule is NCC1CCCC(CN=C(NCC2CCCO2)Nc2cccc(F)c2)C1. The van der Waals surface area contributed by atoms with Crippen molar-refractivity contribution >= 4 is 11.6 Å². The van der Waals surface area contributed by atoms with Crippen LogP contribution in [0.4, 0.5) is 10.1 Å². The quantitative estimate of drug-likeness (QED) is 0.537. The molecule has 0 bridgehead atoms. The fourth-order valence-corrected chi connectivity index (χ4v) is 3.86. The Hall–Kier alpha value is -1.66. The van der Waals surface area contributed by atoms with Crippen molar-refractivity contribution in [3.05, 3.63) is 30.1 Å². The Morgan fingerprint density at radius 2 is 2.12 bits per heavy atom. The van der Waals surface area contributed by atoms with E-state index in [1.165, 1.54) is 31.4 Å². The minimum atomic E-state index is -0.258. The van der Waals surface area contributed by atoms with E-state index in [-0.39, 0.29) is 11.9 Å². The maximum atomic E-state index is 13.5. The number of nitrogens with zero attached hydrogens (tertiary/aromatic N) is 1. The molecule has 3 rings (SSSR count). The van der Waals surface area contributed by atoms with Gasteiger partial charge in [-0.05, 0) is 68.7 Å². The smallest absolute Gasteiger partial charge is 0.195 e. The normalized spacial score (nSPS) is 26.7. The third-order valence-corrected chi connectivity index (χ3v) is 5.34. The number of anilines is 1. The summed E-state index contributed by atoms with van der Waals surface area (Å²) in [4.78, 5) is 4.78. The molecule has 3 unspecified atom stereocenters. The molecule has 26 heavy (non-hydrogen) atoms. The standard InChI is InChI=1S/C20H31FN4O/c21-17-6-2-7-18(11-17)25-20(24-14-19-8-3-9-26-19)23-13-16-5-1-4-15(10-16)12-22/h2,6-7,11,15-16,19H,1,3-5,8-10,12-14,22H2,(H2,23,24,25). The minimum Gasteiger partial charge on any atom is -0.376 e. The molecule has 1 aromatic carbocycles. The topological polar surface area (TPSA) is 71.7 Å². The van der Waals surface area contributed by atoms with Gasteiger partial charge in [0.1, 0.15) is 5.82 Å². The summed E-state index contributed by atoms with van der Waals surface area (Å²) in [5.74, 6) is 1.64. The second-order valence-electron chi connectivity index (χ2n) is 7.47. The highest BCUT2D eigenvalue weighted by atomic mass is 19.1. The highest BCUT2D eigenvalue weighted by Gasteiger charge is 2.21. The van der Waals surface area contributed by atoms with Crippen LogP contribution in [-0.2, 0) is 4.74 Å². The third kappa shape index (κ3) is 5.95. The number of nitrogens with two attached hydrogens (primary N) is 1. The summed E-state index contributed by atoms with van der Waals surface area (Å²) in [7, 11) is 0. The molecule has 0 spiro atoms. The van der Waals surface area contributed by atoms with Crippen molar-refractivity contribution in [2.24, 2.45) is 22.6 Å². The molecule has 0 amide bonds. The molecule has 1 heterocycles. The van der Waals surface area contributed by atoms with E-state index in [4.69, 9.17) is 15.5 Å². The predicted molar refractivity (Wildman–Crippen MR) is 104 cm³/mol. The van der Waals surface area contributed by atoms with Crippen molar-refractivity contribution in [2.75, 3.05) is 31.6 Å². The van der Waals surface area contributed by atoms with Crippen molar-refractivity contribution in [1.29, 1.82) is 0 Å². The van der Waals surface area contributed by atoms with Crippen LogP contribution in [0.2, 0.25) is 0 Å². The molecule has 5 nitrogen and oxygen atoms in total. The van der Waals surface area contributed by atoms with Crippen LogP contribution in [0.25, 0.3) is 0 Å². The van der Waals surface area contributed by atoms with E-state index in [0.29, 0.717) is 23.5 Å². The zero-order chi connectivity index (χ0) is 18.2. The van der Waals surface area contributed by atoms with Crippen molar-refractivity contribution in [3.8, 4) is 0 Å². The lowest BCUT2D eigenvalue weighted by Crippen LogP contribution is -2.37. The van der Waals surface area contributed by atoms with Gasteiger partial charge in [-0.1, -0.05) is 12.5 Å². The Morgan fingerprint density at radius 1 is 1.23 bits per heavy atom. The van der Waals surface area contributed by atoms with E-state index in [0.717, 1.165) is 45.5 Å². The molecule has 4 N–H and O–H groups in total. The molecule has 6 heteroatoms. The van der Waals surface area contributed by atoms with E-state index in [2.05, 4.69) is 10.6 Å². The molecule has 0 radical (unpaired) electrons. The summed E-state index contributed by atoms with van der Waals surface area (Å²) < 4.78 is 19.2. The van der Waals surface area contributed by atoms with Gasteiger partial charge in [0.05, 0.1) is 6.10 Å². The Kier molecular flexibility index (Phi) is 7.26. The number of aliphatic imine (C=N–C) groups is 1. The summed E-state index contributed by atoms with van der Waals surface area (Å²) in [6.45, 7) is 3.09. The molecule has 1 aliphatic heterocycles. The maximum Gasteiger partial charge on any atom is 0.195 e. The first-order chi connectivity index (χ1) is 12.7. The van der Waals surface area contributed by atoms with Gasteiger partial charge in [0.2, 0.25) is 0 Å². The van der Waals surface area contributed by atoms with Gasteiger partial charge in [-0.15, -0.1) is 0 Å². The lowest BCUT2D eigenvalue weighted by molar-refractivity contribution is 0.114. The van der Waals surface area contributed by atoms with E-state index >= 15 is 0 Å². The predicted octanol–water partition coefficient (Wildman–Crippen LogP) is 3.13. The highest BCUT2D eigenvalue weighted by molar-refractivity contribution is 5.93. The third-order valence-electron chi connectivity index (χ3n) is 5.34. The van der Waals surface area contributed by atoms with Crippen LogP contribution < -0.4 is 16.4 Å². The van der Waals surface area contributed by atoms with Crippen LogP contribution >= 0.6 is 0 Å². The Balaban J connectivity index is 1.60. The molecule has 3 atom stereocenters. The molecular formula is C20H31FN4O. The first kappa shape index (κ1) is 19.1. The van der Waals surface area contributed by atoms with Crippen molar-refractivity contribution < 1.29 is 9.13 Å². The second kappa shape index (κ2) is 9.88. The lowest BCUT2D eigenvalue weighted by atomic mass is 9.81. The van der Waals surface area contributed by atoms with Gasteiger partial charge in [-0.2, -0.15) is 0 Å². The number of nitrogens with one attached hydrogen (secondary N) is 2. The van der Waals surface area contributed by atoms with E-state index in [1.54, 1.807) is 6.07 Å². The summed E-state index contributed by atoms with van der Waals surface area (Å²) >= 11 is 0. The summed E-state index contributed by atoms with van der Waals surface area (Å²) in [6, 6.07) is 6.46. The first-order valence-corrected chi connectivity index (χ1v) is 9.85. The van der Waals surface area contributed by atoms with Crippen molar-refractivity contribution in [3.63, 3.8) is 0 Å². The molecule has 2 aliphatic rings. The summed E-state index contributed by atoms with van der Waals surface area (Å²) in [5, 5.41) is 6.59. The van der Waals surface area contributed by atoms with Crippen LogP contribution in [0.15, 0.2) is 29.3 Å². The number of benzene rings is 1. The molecule has 144 valence electrons. The van der Waals surface area contributed by atoms with Crippen LogP contribution in [0.3, 0.4) is 0 Å². The van der Waals surface area contributed by atoms with E-state index in [9.17, 15) is 4.39 Å². The van der Waals surface area contributed by atoms with Crippen LogP contribution in [0, 0.1) is 17.7 Å². The van der Waals surface area contributed by atoms with E-state index < -0.39 is 0 Å². The fourth-order valence-electron chi connectivity index (χ4n) is 3.86. The number of hydrogen-bond donors (Lipinski definition) is 3. The van der Waals surface area contributed by atoms with Gasteiger partial charge in [-0.25, -0.2) is 4.39 Å². The van der Waals surface area contributed by atoms with Gasteiger partial charge in [0.25, 0.3) is 0 Å². The average molecular weight is 362 g/mol. The summed E-state index contributed by atoms with van der Waals surface area (Å²) in [6.07, 6.45) is 7.24. The number of guanidine groups is 1. The molecule has 0 aromatic heterocycles. The number of ether oxygens (including phenoxy) is 1. The number of rotatable bonds is 6. The largest absolute Gasteiger partial charge is 0.376 e. The summed E-state index contributed by atoms with van der Waals surface area (Å²) in [5.41, 5.74) is 6.55. The van der Waals surface area contributed by atoms with Crippen molar-refractivity contribution in [1.82, 2.24) is 5.32 Å². The molecule has 1 saturated carbocycles. The highest BCUT2D eigenvalue weighted by Crippen LogP contribution is 2.28. The number of halogens is 1. The fraction of sp³-hybridized carbons (Fsp3) is 0.650. The van der Waals surface area contributed by atoms with Gasteiger partial charge in [-0.3, -0.25) is 4.99 Å². The molecule has 1 aromatic rings. The Bertz CT molecular complexity index is 589. The monoisotopic (exact) mass is 362 g/mol. The van der Waals surface area contributed by atoms with Crippen LogP contribution in [0.1, 0.15) is 38.5 Å².